The zero-order chi connectivity index (χ0) is 11.0. The number of nitrogens with zero attached hydrogens (tertiary/aromatic N) is 5. The smallest absolute Gasteiger partial charge is 0.180 e. The van der Waals surface area contributed by atoms with E-state index in [4.69, 9.17) is 5.73 Å². The van der Waals surface area contributed by atoms with Gasteiger partial charge in [-0.1, -0.05) is 0 Å². The Bertz CT molecular complexity index is 644. The fraction of sp³-hybridized carbons (Fsp3) is 0. The van der Waals surface area contributed by atoms with E-state index in [1.54, 1.807) is 29.5 Å². The van der Waals surface area contributed by atoms with Crippen LogP contribution in [0.4, 0.5) is 5.69 Å². The van der Waals surface area contributed by atoms with E-state index in [2.05, 4.69) is 20.1 Å². The van der Waals surface area contributed by atoms with Crippen LogP contribution in [0.5, 0.6) is 0 Å². The monoisotopic (exact) mass is 212 g/mol. The number of aromatic nitrogens is 5. The molecule has 3 aromatic rings. The maximum Gasteiger partial charge on any atom is 0.180 e. The molecule has 2 N–H and O–H groups in total. The van der Waals surface area contributed by atoms with Gasteiger partial charge in [-0.3, -0.25) is 4.98 Å². The van der Waals surface area contributed by atoms with Gasteiger partial charge in [-0.15, -0.1) is 0 Å². The molecule has 0 unspecified atom stereocenters. The maximum absolute atomic E-state index is 5.59. The zero-order valence-electron chi connectivity index (χ0n) is 8.28. The molecule has 0 radical (unpaired) electrons. The van der Waals surface area contributed by atoms with Crippen molar-refractivity contribution in [3.8, 4) is 5.82 Å². The minimum Gasteiger partial charge on any atom is -0.396 e. The van der Waals surface area contributed by atoms with Crippen molar-refractivity contribution in [1.29, 1.82) is 0 Å². The van der Waals surface area contributed by atoms with Gasteiger partial charge >= 0.3 is 0 Å². The molecule has 0 saturated heterocycles. The van der Waals surface area contributed by atoms with Crippen molar-refractivity contribution in [2.24, 2.45) is 0 Å². The first-order chi connectivity index (χ1) is 7.83. The predicted octanol–water partition coefficient (Wildman–Crippen LogP) is 0.793. The van der Waals surface area contributed by atoms with Gasteiger partial charge in [0.1, 0.15) is 5.52 Å². The summed E-state index contributed by atoms with van der Waals surface area (Å²) < 4.78 is 1.60. The topological polar surface area (TPSA) is 82.5 Å². The van der Waals surface area contributed by atoms with Gasteiger partial charge in [-0.25, -0.2) is 14.6 Å². The first kappa shape index (κ1) is 8.78. The van der Waals surface area contributed by atoms with Gasteiger partial charge in [0, 0.05) is 12.4 Å². The summed E-state index contributed by atoms with van der Waals surface area (Å²) in [4.78, 5) is 12.6. The highest BCUT2D eigenvalue weighted by atomic mass is 15.3. The zero-order valence-corrected chi connectivity index (χ0v) is 8.28. The van der Waals surface area contributed by atoms with Crippen molar-refractivity contribution in [3.05, 3.63) is 36.9 Å². The van der Waals surface area contributed by atoms with E-state index in [0.717, 1.165) is 5.52 Å². The molecule has 0 aromatic carbocycles. The number of nitrogen functional groups attached to an aromatic ring is 1. The van der Waals surface area contributed by atoms with Crippen molar-refractivity contribution in [1.82, 2.24) is 24.7 Å². The summed E-state index contributed by atoms with van der Waals surface area (Å²) in [5.41, 5.74) is 7.54. The highest BCUT2D eigenvalue weighted by molar-refractivity contribution is 5.70. The molecule has 3 aromatic heterocycles. The lowest BCUT2D eigenvalue weighted by atomic mass is 10.4. The minimum atomic E-state index is 0.592. The second-order valence-electron chi connectivity index (χ2n) is 3.29. The van der Waals surface area contributed by atoms with Crippen molar-refractivity contribution < 1.29 is 0 Å². The number of hydrogen-bond donors (Lipinski definition) is 1. The van der Waals surface area contributed by atoms with E-state index in [-0.39, 0.29) is 0 Å². The molecule has 0 spiro atoms. The molecule has 0 atom stereocenters. The van der Waals surface area contributed by atoms with Crippen molar-refractivity contribution >= 4 is 16.9 Å². The second kappa shape index (κ2) is 3.27. The Morgan fingerprint density at radius 1 is 1.12 bits per heavy atom. The van der Waals surface area contributed by atoms with E-state index in [0.29, 0.717) is 17.2 Å². The molecular weight excluding hydrogens is 204 g/mol. The lowest BCUT2D eigenvalue weighted by molar-refractivity contribution is 0.850. The highest BCUT2D eigenvalue weighted by Gasteiger charge is 2.02. The Kier molecular flexibility index (Phi) is 1.79. The number of fused-ring (bicyclic) bond motifs is 1. The fourth-order valence-corrected chi connectivity index (χ4v) is 1.43. The Morgan fingerprint density at radius 2 is 2.00 bits per heavy atom. The Hall–Kier alpha value is -2.50. The summed E-state index contributed by atoms with van der Waals surface area (Å²) >= 11 is 0. The lowest BCUT2D eigenvalue weighted by Crippen LogP contribution is -1.99. The second-order valence-corrected chi connectivity index (χ2v) is 3.29. The van der Waals surface area contributed by atoms with E-state index in [1.807, 2.05) is 12.1 Å². The number of pyridine rings is 1. The van der Waals surface area contributed by atoms with Gasteiger partial charge in [-0.2, -0.15) is 5.10 Å². The molecule has 16 heavy (non-hydrogen) atoms. The largest absolute Gasteiger partial charge is 0.396 e. The Labute approximate surface area is 90.8 Å². The van der Waals surface area contributed by atoms with Crippen LogP contribution < -0.4 is 5.73 Å². The average molecular weight is 212 g/mol. The molecule has 6 nitrogen and oxygen atoms in total. The van der Waals surface area contributed by atoms with Crippen LogP contribution in [0.2, 0.25) is 0 Å². The Balaban J connectivity index is 2.18. The summed E-state index contributed by atoms with van der Waals surface area (Å²) in [6, 6.07) is 3.67. The predicted molar refractivity (Wildman–Crippen MR) is 58.9 cm³/mol. The lowest BCUT2D eigenvalue weighted by Gasteiger charge is -2.00. The van der Waals surface area contributed by atoms with E-state index in [9.17, 15) is 0 Å². The van der Waals surface area contributed by atoms with Gasteiger partial charge in [0.15, 0.2) is 11.5 Å². The maximum atomic E-state index is 5.59. The molecule has 3 heterocycles. The minimum absolute atomic E-state index is 0.592. The molecule has 3 rings (SSSR count). The van der Waals surface area contributed by atoms with Crippen LogP contribution in [0.1, 0.15) is 0 Å². The summed E-state index contributed by atoms with van der Waals surface area (Å²) in [5.74, 6) is 0.671. The van der Waals surface area contributed by atoms with Crippen LogP contribution in [0.25, 0.3) is 17.0 Å². The Morgan fingerprint density at radius 3 is 2.81 bits per heavy atom. The van der Waals surface area contributed by atoms with Crippen molar-refractivity contribution in [2.75, 3.05) is 5.73 Å². The van der Waals surface area contributed by atoms with E-state index < -0.39 is 0 Å². The highest BCUT2D eigenvalue weighted by Crippen LogP contribution is 2.10. The van der Waals surface area contributed by atoms with Crippen molar-refractivity contribution in [3.63, 3.8) is 0 Å². The van der Waals surface area contributed by atoms with Crippen LogP contribution in [0.3, 0.4) is 0 Å². The third kappa shape index (κ3) is 1.36. The summed E-state index contributed by atoms with van der Waals surface area (Å²) in [6.07, 6.45) is 6.51. The first-order valence-corrected chi connectivity index (χ1v) is 4.71. The molecule has 6 heteroatoms. The van der Waals surface area contributed by atoms with Gasteiger partial charge < -0.3 is 5.73 Å². The first-order valence-electron chi connectivity index (χ1n) is 4.71. The number of anilines is 1. The van der Waals surface area contributed by atoms with Gasteiger partial charge in [0.25, 0.3) is 0 Å². The molecule has 0 aliphatic heterocycles. The quantitative estimate of drug-likeness (QED) is 0.644. The van der Waals surface area contributed by atoms with Crippen LogP contribution >= 0.6 is 0 Å². The number of nitrogens with two attached hydrogens (primary N) is 1. The molecule has 78 valence electrons. The van der Waals surface area contributed by atoms with Crippen LogP contribution in [0, 0.1) is 0 Å². The summed E-state index contributed by atoms with van der Waals surface area (Å²) in [7, 11) is 0. The number of hydrogen-bond acceptors (Lipinski definition) is 5. The SMILES string of the molecule is Nc1cnn(-c2ccc3nccnc3n2)c1. The fourth-order valence-electron chi connectivity index (χ4n) is 1.43. The van der Waals surface area contributed by atoms with E-state index >= 15 is 0 Å². The van der Waals surface area contributed by atoms with Gasteiger partial charge in [0.2, 0.25) is 0 Å². The molecule has 0 bridgehead atoms. The average Bonchev–Trinajstić information content (AvgIpc) is 2.75. The molecular formula is C10H8N6. The normalized spacial score (nSPS) is 10.8. The van der Waals surface area contributed by atoms with Crippen molar-refractivity contribution in [2.45, 2.75) is 0 Å². The molecule has 0 aliphatic carbocycles. The molecule has 0 fully saturated rings. The van der Waals surface area contributed by atoms with Crippen LogP contribution in [-0.2, 0) is 0 Å². The van der Waals surface area contributed by atoms with Crippen LogP contribution in [0.15, 0.2) is 36.9 Å². The van der Waals surface area contributed by atoms with Crippen LogP contribution in [-0.4, -0.2) is 24.7 Å². The summed E-state index contributed by atoms with van der Waals surface area (Å²) in [6.45, 7) is 0. The molecule has 0 amide bonds. The molecule has 0 saturated carbocycles. The number of rotatable bonds is 1. The summed E-state index contributed by atoms with van der Waals surface area (Å²) in [5, 5.41) is 4.07. The van der Waals surface area contributed by atoms with Gasteiger partial charge in [-0.05, 0) is 12.1 Å². The molecule has 0 aliphatic rings. The third-order valence-corrected chi connectivity index (χ3v) is 2.15. The van der Waals surface area contributed by atoms with Gasteiger partial charge in [0.05, 0.1) is 18.1 Å². The van der Waals surface area contributed by atoms with E-state index in [1.165, 1.54) is 0 Å². The third-order valence-electron chi connectivity index (χ3n) is 2.15. The standard InChI is InChI=1S/C10H8N6/c11-7-5-14-16(6-7)9-2-1-8-10(15-9)13-4-3-12-8/h1-6H,11H2.